The van der Waals surface area contributed by atoms with Gasteiger partial charge in [-0.3, -0.25) is 0 Å². The van der Waals surface area contributed by atoms with Gasteiger partial charge < -0.3 is 9.57 Å². The van der Waals surface area contributed by atoms with Crippen LogP contribution in [0.2, 0.25) is 0 Å². The molecule has 0 aromatic heterocycles. The molecule has 0 amide bonds. The van der Waals surface area contributed by atoms with E-state index in [9.17, 15) is 0 Å². The van der Waals surface area contributed by atoms with Gasteiger partial charge >= 0.3 is 0 Å². The van der Waals surface area contributed by atoms with Gasteiger partial charge in [-0.05, 0) is 24.5 Å². The van der Waals surface area contributed by atoms with Crippen molar-refractivity contribution in [3.8, 4) is 5.75 Å². The van der Waals surface area contributed by atoms with Crippen LogP contribution >= 0.6 is 0 Å². The molecule has 88 valence electrons. The number of unbranched alkanes of at least 4 members (excludes halogenated alkanes) is 1. The number of ether oxygens (including phenoxy) is 1. The zero-order valence-corrected chi connectivity index (χ0v) is 9.95. The van der Waals surface area contributed by atoms with E-state index in [4.69, 9.17) is 9.57 Å². The van der Waals surface area contributed by atoms with E-state index >= 15 is 0 Å². The molecule has 1 unspecified atom stereocenters. The normalized spacial score (nSPS) is 18.2. The SMILES string of the molecule is CCCCc1ccc2c(c1)C(NOC)CO2. The first-order chi connectivity index (χ1) is 7.85. The van der Waals surface area contributed by atoms with E-state index in [0.717, 1.165) is 12.2 Å². The minimum Gasteiger partial charge on any atom is -0.491 e. The van der Waals surface area contributed by atoms with Crippen LogP contribution in [0.5, 0.6) is 5.75 Å². The Labute approximate surface area is 96.7 Å². The fourth-order valence-electron chi connectivity index (χ4n) is 2.04. The number of hydroxylamine groups is 1. The Morgan fingerprint density at radius 1 is 1.50 bits per heavy atom. The molecule has 0 bridgehead atoms. The molecule has 1 aliphatic rings. The van der Waals surface area contributed by atoms with E-state index in [0.29, 0.717) is 6.61 Å². The summed E-state index contributed by atoms with van der Waals surface area (Å²) >= 11 is 0. The lowest BCUT2D eigenvalue weighted by Crippen LogP contribution is -2.21. The van der Waals surface area contributed by atoms with Crippen molar-refractivity contribution in [2.45, 2.75) is 32.2 Å². The smallest absolute Gasteiger partial charge is 0.124 e. The highest BCUT2D eigenvalue weighted by Gasteiger charge is 2.23. The number of rotatable bonds is 5. The maximum Gasteiger partial charge on any atom is 0.124 e. The highest BCUT2D eigenvalue weighted by atomic mass is 16.6. The standard InChI is InChI=1S/C13H19NO2/c1-3-4-5-10-6-7-13-11(8-10)12(9-16-13)14-15-2/h6-8,12,14H,3-5,9H2,1-2H3. The van der Waals surface area contributed by atoms with Crippen LogP contribution in [-0.4, -0.2) is 13.7 Å². The van der Waals surface area contributed by atoms with Gasteiger partial charge in [-0.2, -0.15) is 5.48 Å². The zero-order valence-electron chi connectivity index (χ0n) is 9.95. The molecule has 0 saturated heterocycles. The van der Waals surface area contributed by atoms with Crippen LogP contribution in [0.3, 0.4) is 0 Å². The van der Waals surface area contributed by atoms with Crippen molar-refractivity contribution in [3.63, 3.8) is 0 Å². The Kier molecular flexibility index (Phi) is 3.80. The molecule has 1 aromatic rings. The highest BCUT2D eigenvalue weighted by molar-refractivity contribution is 5.42. The number of nitrogens with one attached hydrogen (secondary N) is 1. The van der Waals surface area contributed by atoms with E-state index in [1.54, 1.807) is 7.11 Å². The number of benzene rings is 1. The van der Waals surface area contributed by atoms with Crippen LogP contribution in [-0.2, 0) is 11.3 Å². The summed E-state index contributed by atoms with van der Waals surface area (Å²) in [6.45, 7) is 2.87. The van der Waals surface area contributed by atoms with E-state index in [1.807, 2.05) is 0 Å². The van der Waals surface area contributed by atoms with E-state index < -0.39 is 0 Å². The largest absolute Gasteiger partial charge is 0.491 e. The second kappa shape index (κ2) is 5.32. The van der Waals surface area contributed by atoms with Gasteiger partial charge in [0.15, 0.2) is 0 Å². The third-order valence-electron chi connectivity index (χ3n) is 2.93. The minimum atomic E-state index is 0.168. The summed E-state index contributed by atoms with van der Waals surface area (Å²) < 4.78 is 5.58. The number of hydrogen-bond donors (Lipinski definition) is 1. The second-order valence-electron chi connectivity index (χ2n) is 4.16. The molecule has 0 fully saturated rings. The zero-order chi connectivity index (χ0) is 11.4. The molecule has 1 atom stereocenters. The molecule has 1 aliphatic heterocycles. The van der Waals surface area contributed by atoms with Gasteiger partial charge in [-0.15, -0.1) is 0 Å². The molecule has 2 rings (SSSR count). The number of aryl methyl sites for hydroxylation is 1. The van der Waals surface area contributed by atoms with Gasteiger partial charge in [-0.1, -0.05) is 25.5 Å². The first-order valence-corrected chi connectivity index (χ1v) is 5.89. The topological polar surface area (TPSA) is 30.5 Å². The van der Waals surface area contributed by atoms with Crippen LogP contribution in [0.4, 0.5) is 0 Å². The van der Waals surface area contributed by atoms with Crippen LogP contribution in [0.1, 0.15) is 36.9 Å². The van der Waals surface area contributed by atoms with Crippen molar-refractivity contribution in [3.05, 3.63) is 29.3 Å². The summed E-state index contributed by atoms with van der Waals surface area (Å²) in [4.78, 5) is 4.97. The molecule has 0 aliphatic carbocycles. The van der Waals surface area contributed by atoms with Gasteiger partial charge in [0.2, 0.25) is 0 Å². The third-order valence-corrected chi connectivity index (χ3v) is 2.93. The summed E-state index contributed by atoms with van der Waals surface area (Å²) in [6, 6.07) is 6.62. The first kappa shape index (κ1) is 11.4. The van der Waals surface area contributed by atoms with Crippen LogP contribution in [0, 0.1) is 0 Å². The van der Waals surface area contributed by atoms with Crippen LogP contribution < -0.4 is 10.2 Å². The molecule has 0 radical (unpaired) electrons. The third kappa shape index (κ3) is 2.36. The van der Waals surface area contributed by atoms with E-state index in [1.165, 1.54) is 24.0 Å². The maximum atomic E-state index is 5.58. The minimum absolute atomic E-state index is 0.168. The highest BCUT2D eigenvalue weighted by Crippen LogP contribution is 2.33. The summed E-state index contributed by atoms with van der Waals surface area (Å²) in [5, 5.41) is 0. The lowest BCUT2D eigenvalue weighted by Gasteiger charge is -2.09. The summed E-state index contributed by atoms with van der Waals surface area (Å²) in [7, 11) is 1.64. The average Bonchev–Trinajstić information content (AvgIpc) is 2.70. The molecule has 0 saturated carbocycles. The second-order valence-corrected chi connectivity index (χ2v) is 4.16. The van der Waals surface area contributed by atoms with Crippen molar-refractivity contribution in [1.82, 2.24) is 5.48 Å². The fourth-order valence-corrected chi connectivity index (χ4v) is 2.04. The van der Waals surface area contributed by atoms with E-state index in [-0.39, 0.29) is 6.04 Å². The molecule has 1 N–H and O–H groups in total. The Balaban J connectivity index is 2.13. The summed E-state index contributed by atoms with van der Waals surface area (Å²) in [6.07, 6.45) is 3.61. The lowest BCUT2D eigenvalue weighted by atomic mass is 10.0. The fraction of sp³-hybridized carbons (Fsp3) is 0.538. The molecule has 3 heteroatoms. The molecule has 16 heavy (non-hydrogen) atoms. The predicted molar refractivity (Wildman–Crippen MR) is 63.4 cm³/mol. The Hall–Kier alpha value is -1.06. The molecule has 1 heterocycles. The van der Waals surface area contributed by atoms with E-state index in [2.05, 4.69) is 30.6 Å². The molecular weight excluding hydrogens is 202 g/mol. The Morgan fingerprint density at radius 2 is 2.38 bits per heavy atom. The monoisotopic (exact) mass is 221 g/mol. The van der Waals surface area contributed by atoms with Crippen molar-refractivity contribution < 1.29 is 9.57 Å². The van der Waals surface area contributed by atoms with Gasteiger partial charge in [0, 0.05) is 5.56 Å². The summed E-state index contributed by atoms with van der Waals surface area (Å²) in [5.74, 6) is 0.981. The molecule has 1 aromatic carbocycles. The van der Waals surface area contributed by atoms with Gasteiger partial charge in [0.05, 0.1) is 13.2 Å². The molecular formula is C13H19NO2. The van der Waals surface area contributed by atoms with Crippen LogP contribution in [0.25, 0.3) is 0 Å². The Bertz CT molecular complexity index is 350. The van der Waals surface area contributed by atoms with Crippen molar-refractivity contribution in [2.24, 2.45) is 0 Å². The maximum absolute atomic E-state index is 5.58. The van der Waals surface area contributed by atoms with Gasteiger partial charge in [0.25, 0.3) is 0 Å². The first-order valence-electron chi connectivity index (χ1n) is 5.89. The average molecular weight is 221 g/mol. The van der Waals surface area contributed by atoms with Crippen molar-refractivity contribution >= 4 is 0 Å². The number of fused-ring (bicyclic) bond motifs is 1. The Morgan fingerprint density at radius 3 is 3.12 bits per heavy atom. The lowest BCUT2D eigenvalue weighted by molar-refractivity contribution is 0.0536. The summed E-state index contributed by atoms with van der Waals surface area (Å²) in [5.41, 5.74) is 5.56. The molecule has 3 nitrogen and oxygen atoms in total. The van der Waals surface area contributed by atoms with Crippen LogP contribution in [0.15, 0.2) is 18.2 Å². The molecule has 0 spiro atoms. The quantitative estimate of drug-likeness (QED) is 0.775. The predicted octanol–water partition coefficient (Wildman–Crippen LogP) is 2.61. The van der Waals surface area contributed by atoms with Crippen molar-refractivity contribution in [1.29, 1.82) is 0 Å². The van der Waals surface area contributed by atoms with Crippen molar-refractivity contribution in [2.75, 3.05) is 13.7 Å². The number of hydrogen-bond acceptors (Lipinski definition) is 3. The van der Waals surface area contributed by atoms with Gasteiger partial charge in [0.1, 0.15) is 12.4 Å². The van der Waals surface area contributed by atoms with Gasteiger partial charge in [-0.25, -0.2) is 0 Å².